The van der Waals surface area contributed by atoms with Crippen LogP contribution in [0.25, 0.3) is 10.8 Å². The summed E-state index contributed by atoms with van der Waals surface area (Å²) in [5, 5.41) is 4.29. The maximum absolute atomic E-state index is 13.8. The molecule has 0 aromatic heterocycles. The highest BCUT2D eigenvalue weighted by atomic mass is 32.2. The van der Waals surface area contributed by atoms with Crippen molar-refractivity contribution in [2.24, 2.45) is 0 Å². The minimum absolute atomic E-state index is 0.102. The fraction of sp³-hybridized carbons (Fsp3) is 0.0800. The number of benzene rings is 4. The van der Waals surface area contributed by atoms with Gasteiger partial charge in [0.25, 0.3) is 10.0 Å². The van der Waals surface area contributed by atoms with Crippen molar-refractivity contribution in [3.63, 3.8) is 0 Å². The molecule has 6 nitrogen and oxygen atoms in total. The lowest BCUT2D eigenvalue weighted by Gasteiger charge is -2.17. The van der Waals surface area contributed by atoms with Crippen LogP contribution < -0.4 is 14.8 Å². The van der Waals surface area contributed by atoms with E-state index in [-0.39, 0.29) is 16.6 Å². The monoisotopic (exact) mass is 500 g/mol. The lowest BCUT2D eigenvalue weighted by molar-refractivity contribution is -0.137. The number of alkyl halides is 3. The van der Waals surface area contributed by atoms with Crippen molar-refractivity contribution < 1.29 is 31.1 Å². The topological polar surface area (TPSA) is 84.5 Å². The van der Waals surface area contributed by atoms with E-state index in [1.165, 1.54) is 37.3 Å². The number of hydrogen-bond donors (Lipinski definition) is 2. The summed E-state index contributed by atoms with van der Waals surface area (Å²) in [6.07, 6.45) is -4.85. The Bertz CT molecular complexity index is 1500. The summed E-state index contributed by atoms with van der Waals surface area (Å²) in [4.78, 5) is 10.8. The maximum Gasteiger partial charge on any atom is 0.418 e. The number of halogens is 3. The van der Waals surface area contributed by atoms with Gasteiger partial charge in [0.05, 0.1) is 16.1 Å². The molecule has 2 N–H and O–H groups in total. The van der Waals surface area contributed by atoms with E-state index in [9.17, 15) is 26.4 Å². The smallest absolute Gasteiger partial charge is 0.418 e. The number of nitrogens with one attached hydrogen (secondary N) is 2. The Morgan fingerprint density at radius 1 is 0.829 bits per heavy atom. The molecule has 0 heterocycles. The van der Waals surface area contributed by atoms with Crippen LogP contribution in [0.5, 0.6) is 11.5 Å². The molecule has 4 rings (SSSR count). The molecule has 0 unspecified atom stereocenters. The molecule has 0 bridgehead atoms. The number of anilines is 2. The molecule has 0 radical (unpaired) electrons. The van der Waals surface area contributed by atoms with Crippen LogP contribution in [0.15, 0.2) is 89.8 Å². The maximum atomic E-state index is 13.8. The van der Waals surface area contributed by atoms with Crippen LogP contribution in [0.3, 0.4) is 0 Å². The summed E-state index contributed by atoms with van der Waals surface area (Å²) in [6.45, 7) is 1.29. The average molecular weight is 500 g/mol. The van der Waals surface area contributed by atoms with E-state index < -0.39 is 27.5 Å². The van der Waals surface area contributed by atoms with Crippen molar-refractivity contribution in [1.82, 2.24) is 0 Å². The Balaban J connectivity index is 1.61. The number of carbonyl (C=O) groups excluding carboxylic acids is 1. The molecule has 0 aliphatic carbocycles. The first kappa shape index (κ1) is 24.1. The molecule has 0 saturated carbocycles. The van der Waals surface area contributed by atoms with Gasteiger partial charge >= 0.3 is 6.18 Å². The lowest BCUT2D eigenvalue weighted by atomic mass is 10.1. The zero-order chi connectivity index (χ0) is 25.2. The minimum atomic E-state index is -4.85. The van der Waals surface area contributed by atoms with Gasteiger partial charge in [0.1, 0.15) is 11.5 Å². The van der Waals surface area contributed by atoms with Crippen molar-refractivity contribution in [3.8, 4) is 11.5 Å². The van der Waals surface area contributed by atoms with Gasteiger partial charge in [-0.1, -0.05) is 30.3 Å². The van der Waals surface area contributed by atoms with E-state index in [1.807, 2.05) is 29.0 Å². The molecule has 1 amide bonds. The van der Waals surface area contributed by atoms with Crippen molar-refractivity contribution >= 4 is 38.1 Å². The minimum Gasteiger partial charge on any atom is -0.457 e. The van der Waals surface area contributed by atoms with Gasteiger partial charge in [0.2, 0.25) is 5.91 Å². The van der Waals surface area contributed by atoms with E-state index in [0.717, 1.165) is 22.9 Å². The molecule has 0 aliphatic rings. The standard InChI is InChI=1S/C25H19F3N2O4S/c1-16(31)29-19-7-11-22(12-8-19)35(32,33)30-24-13-10-21(15-23(24)25(26,27)28)34-20-9-6-17-4-2-3-5-18(17)14-20/h2-15,30H,1H3,(H,29,31). The number of rotatable bonds is 6. The summed E-state index contributed by atoms with van der Waals surface area (Å²) in [5.41, 5.74) is -1.49. The third kappa shape index (κ3) is 5.72. The number of carbonyl (C=O) groups is 1. The predicted octanol–water partition coefficient (Wildman–Crippen LogP) is 6.41. The molecule has 180 valence electrons. The third-order valence-electron chi connectivity index (χ3n) is 4.98. The molecular formula is C25H19F3N2O4S. The molecular weight excluding hydrogens is 481 g/mol. The number of hydrogen-bond acceptors (Lipinski definition) is 4. The molecule has 10 heteroatoms. The van der Waals surface area contributed by atoms with Crippen molar-refractivity contribution in [1.29, 1.82) is 0 Å². The van der Waals surface area contributed by atoms with Crippen LogP contribution in [-0.4, -0.2) is 14.3 Å². The third-order valence-corrected chi connectivity index (χ3v) is 6.36. The fourth-order valence-electron chi connectivity index (χ4n) is 3.40. The molecule has 0 aliphatic heterocycles. The number of amides is 1. The van der Waals surface area contributed by atoms with Crippen LogP contribution in [0.4, 0.5) is 24.5 Å². The molecule has 0 atom stereocenters. The molecule has 4 aromatic carbocycles. The summed E-state index contributed by atoms with van der Waals surface area (Å²) in [5.74, 6) is -0.112. The highest BCUT2D eigenvalue weighted by molar-refractivity contribution is 7.92. The zero-order valence-corrected chi connectivity index (χ0v) is 19.1. The number of sulfonamides is 1. The summed E-state index contributed by atoms with van der Waals surface area (Å²) < 4.78 is 74.4. The van der Waals surface area contributed by atoms with Gasteiger partial charge in [0, 0.05) is 12.6 Å². The van der Waals surface area contributed by atoms with E-state index in [2.05, 4.69) is 5.32 Å². The number of fused-ring (bicyclic) bond motifs is 1. The highest BCUT2D eigenvalue weighted by Gasteiger charge is 2.35. The first-order chi connectivity index (χ1) is 16.5. The van der Waals surface area contributed by atoms with Gasteiger partial charge in [0.15, 0.2) is 0 Å². The Kier molecular flexibility index (Phi) is 6.40. The van der Waals surface area contributed by atoms with Gasteiger partial charge in [-0.25, -0.2) is 8.42 Å². The Morgan fingerprint density at radius 2 is 1.46 bits per heavy atom. The Hall–Kier alpha value is -4.05. The first-order valence-electron chi connectivity index (χ1n) is 10.3. The molecule has 35 heavy (non-hydrogen) atoms. The Labute approximate surface area is 199 Å². The second-order valence-electron chi connectivity index (χ2n) is 7.63. The normalized spacial score (nSPS) is 11.8. The fourth-order valence-corrected chi connectivity index (χ4v) is 4.48. The summed E-state index contributed by atoms with van der Waals surface area (Å²) in [6, 6.07) is 20.6. The van der Waals surface area contributed by atoms with E-state index >= 15 is 0 Å². The van der Waals surface area contributed by atoms with Crippen LogP contribution >= 0.6 is 0 Å². The molecule has 4 aromatic rings. The van der Waals surface area contributed by atoms with Crippen LogP contribution in [0, 0.1) is 0 Å². The molecule has 0 spiro atoms. The quantitative estimate of drug-likeness (QED) is 0.320. The van der Waals surface area contributed by atoms with Crippen LogP contribution in [0.1, 0.15) is 12.5 Å². The van der Waals surface area contributed by atoms with Gasteiger partial charge < -0.3 is 10.1 Å². The average Bonchev–Trinajstić information content (AvgIpc) is 2.79. The van der Waals surface area contributed by atoms with Gasteiger partial charge in [-0.2, -0.15) is 13.2 Å². The second kappa shape index (κ2) is 9.30. The van der Waals surface area contributed by atoms with Crippen LogP contribution in [0.2, 0.25) is 0 Å². The van der Waals surface area contributed by atoms with E-state index in [1.54, 1.807) is 18.2 Å². The van der Waals surface area contributed by atoms with Gasteiger partial charge in [-0.15, -0.1) is 0 Å². The zero-order valence-electron chi connectivity index (χ0n) is 18.3. The van der Waals surface area contributed by atoms with Crippen molar-refractivity contribution in [3.05, 3.63) is 90.5 Å². The van der Waals surface area contributed by atoms with Crippen molar-refractivity contribution in [2.45, 2.75) is 18.0 Å². The van der Waals surface area contributed by atoms with E-state index in [4.69, 9.17) is 4.74 Å². The first-order valence-corrected chi connectivity index (χ1v) is 11.8. The van der Waals surface area contributed by atoms with Gasteiger partial charge in [-0.3, -0.25) is 9.52 Å². The number of ether oxygens (including phenoxy) is 1. The summed E-state index contributed by atoms with van der Waals surface area (Å²) in [7, 11) is -4.34. The second-order valence-corrected chi connectivity index (χ2v) is 9.31. The Morgan fingerprint density at radius 3 is 2.11 bits per heavy atom. The van der Waals surface area contributed by atoms with Crippen LogP contribution in [-0.2, 0) is 21.0 Å². The van der Waals surface area contributed by atoms with Crippen molar-refractivity contribution in [2.75, 3.05) is 10.0 Å². The SMILES string of the molecule is CC(=O)Nc1ccc(S(=O)(=O)Nc2ccc(Oc3ccc4ccccc4c3)cc2C(F)(F)F)cc1. The molecule has 0 saturated heterocycles. The molecule has 0 fully saturated rings. The van der Waals surface area contributed by atoms with E-state index in [0.29, 0.717) is 11.4 Å². The summed E-state index contributed by atoms with van der Waals surface area (Å²) >= 11 is 0. The predicted molar refractivity (Wildman–Crippen MR) is 127 cm³/mol. The van der Waals surface area contributed by atoms with Gasteiger partial charge in [-0.05, 0) is 65.4 Å². The largest absolute Gasteiger partial charge is 0.457 e. The highest BCUT2D eigenvalue weighted by Crippen LogP contribution is 2.39. The lowest BCUT2D eigenvalue weighted by Crippen LogP contribution is -2.17.